The Kier molecular flexibility index (Phi) is 5.97. The second kappa shape index (κ2) is 9.83. The monoisotopic (exact) mass is 530 g/mol. The molecule has 4 heteroatoms. The summed E-state index contributed by atoms with van der Waals surface area (Å²) >= 11 is 0. The van der Waals surface area contributed by atoms with Gasteiger partial charge < -0.3 is 4.57 Å². The smallest absolute Gasteiger partial charge is 0.164 e. The van der Waals surface area contributed by atoms with Gasteiger partial charge in [0, 0.05) is 27.5 Å². The summed E-state index contributed by atoms with van der Waals surface area (Å²) in [6.07, 6.45) is 0. The predicted octanol–water partition coefficient (Wildman–Crippen LogP) is 9.20. The number of aromatic nitrogens is 4. The van der Waals surface area contributed by atoms with Crippen LogP contribution in [-0.4, -0.2) is 19.5 Å². The molecular formula is C37H30N4. The van der Waals surface area contributed by atoms with Gasteiger partial charge in [-0.15, -0.1) is 0 Å². The van der Waals surface area contributed by atoms with Crippen molar-refractivity contribution < 1.29 is 0 Å². The summed E-state index contributed by atoms with van der Waals surface area (Å²) in [5.41, 5.74) is 11.4. The van der Waals surface area contributed by atoms with Crippen LogP contribution in [0.5, 0.6) is 0 Å². The van der Waals surface area contributed by atoms with E-state index in [1.807, 2.05) is 60.7 Å². The van der Waals surface area contributed by atoms with E-state index in [0.717, 1.165) is 16.7 Å². The molecule has 0 bridgehead atoms. The molecule has 0 saturated heterocycles. The lowest BCUT2D eigenvalue weighted by Gasteiger charge is -2.17. The molecule has 0 saturated carbocycles. The normalized spacial score (nSPS) is 11.4. The van der Waals surface area contributed by atoms with Gasteiger partial charge in [-0.3, -0.25) is 0 Å². The Balaban J connectivity index is 1.44. The highest BCUT2D eigenvalue weighted by Gasteiger charge is 2.18. The predicted molar refractivity (Wildman–Crippen MR) is 169 cm³/mol. The van der Waals surface area contributed by atoms with Crippen molar-refractivity contribution in [2.24, 2.45) is 0 Å². The van der Waals surface area contributed by atoms with Crippen LogP contribution in [-0.2, 0) is 0 Å². The maximum absolute atomic E-state index is 4.96. The second-order valence-corrected chi connectivity index (χ2v) is 10.9. The number of aryl methyl sites for hydroxylation is 4. The molecule has 0 radical (unpaired) electrons. The van der Waals surface area contributed by atoms with E-state index in [1.54, 1.807) is 0 Å². The molecular weight excluding hydrogens is 500 g/mol. The van der Waals surface area contributed by atoms with Crippen molar-refractivity contribution in [2.75, 3.05) is 0 Å². The summed E-state index contributed by atoms with van der Waals surface area (Å²) in [4.78, 5) is 14.8. The molecule has 2 heterocycles. The summed E-state index contributed by atoms with van der Waals surface area (Å²) < 4.78 is 2.41. The summed E-state index contributed by atoms with van der Waals surface area (Å²) in [7, 11) is 0. The fourth-order valence-corrected chi connectivity index (χ4v) is 5.87. The Labute approximate surface area is 240 Å². The molecule has 0 aliphatic heterocycles. The standard InChI is InChI=1S/C37H30N4/c1-23-15-17-32-30(19-23)31-20-24(2)16-18-33(31)41(32)34-25(3)21-29(22-26(34)4)37-39-35(27-11-7-5-8-12-27)38-36(40-37)28-13-9-6-10-14-28/h5-22H,1-4H3. The Hall–Kier alpha value is -5.09. The molecule has 0 aliphatic carbocycles. The molecule has 2 aromatic heterocycles. The Morgan fingerprint density at radius 2 is 0.854 bits per heavy atom. The first-order chi connectivity index (χ1) is 20.0. The number of hydrogen-bond acceptors (Lipinski definition) is 3. The van der Waals surface area contributed by atoms with Crippen LogP contribution < -0.4 is 0 Å². The molecule has 0 N–H and O–H groups in total. The first-order valence-corrected chi connectivity index (χ1v) is 14.0. The van der Waals surface area contributed by atoms with Gasteiger partial charge >= 0.3 is 0 Å². The topological polar surface area (TPSA) is 43.6 Å². The van der Waals surface area contributed by atoms with Crippen molar-refractivity contribution in [1.29, 1.82) is 0 Å². The van der Waals surface area contributed by atoms with E-state index >= 15 is 0 Å². The zero-order chi connectivity index (χ0) is 28.1. The van der Waals surface area contributed by atoms with E-state index in [1.165, 1.54) is 49.7 Å². The molecule has 5 aromatic carbocycles. The van der Waals surface area contributed by atoms with Crippen LogP contribution in [0.1, 0.15) is 22.3 Å². The highest BCUT2D eigenvalue weighted by Crippen LogP contribution is 2.37. The highest BCUT2D eigenvalue weighted by atomic mass is 15.0. The summed E-state index contributed by atoms with van der Waals surface area (Å²) in [5, 5.41) is 2.56. The number of fused-ring (bicyclic) bond motifs is 3. The molecule has 0 spiro atoms. The highest BCUT2D eigenvalue weighted by molar-refractivity contribution is 6.10. The lowest BCUT2D eigenvalue weighted by molar-refractivity contribution is 1.07. The van der Waals surface area contributed by atoms with Gasteiger partial charge in [-0.2, -0.15) is 0 Å². The van der Waals surface area contributed by atoms with Crippen molar-refractivity contribution in [3.63, 3.8) is 0 Å². The van der Waals surface area contributed by atoms with Gasteiger partial charge in [-0.1, -0.05) is 83.9 Å². The molecule has 0 atom stereocenters. The summed E-state index contributed by atoms with van der Waals surface area (Å²) in [5.74, 6) is 2.01. The maximum Gasteiger partial charge on any atom is 0.164 e. The van der Waals surface area contributed by atoms with Gasteiger partial charge in [-0.05, 0) is 75.2 Å². The van der Waals surface area contributed by atoms with E-state index in [9.17, 15) is 0 Å². The summed E-state index contributed by atoms with van der Waals surface area (Å²) in [6, 6.07) is 38.1. The van der Waals surface area contributed by atoms with Crippen LogP contribution in [0, 0.1) is 27.7 Å². The lowest BCUT2D eigenvalue weighted by Crippen LogP contribution is -2.03. The molecule has 7 aromatic rings. The van der Waals surface area contributed by atoms with Gasteiger partial charge in [0.05, 0.1) is 16.7 Å². The maximum atomic E-state index is 4.96. The van der Waals surface area contributed by atoms with Crippen molar-refractivity contribution in [2.45, 2.75) is 27.7 Å². The number of benzene rings is 5. The Bertz CT molecular complexity index is 1930. The number of hydrogen-bond donors (Lipinski definition) is 0. The SMILES string of the molecule is Cc1ccc2c(c1)c1cc(C)ccc1n2-c1c(C)cc(-c2nc(-c3ccccc3)nc(-c3ccccc3)n2)cc1C. The molecule has 41 heavy (non-hydrogen) atoms. The first-order valence-electron chi connectivity index (χ1n) is 14.0. The number of nitrogens with zero attached hydrogens (tertiary/aromatic N) is 4. The van der Waals surface area contributed by atoms with Crippen LogP contribution in [0.3, 0.4) is 0 Å². The Morgan fingerprint density at radius 1 is 0.439 bits per heavy atom. The second-order valence-electron chi connectivity index (χ2n) is 10.9. The third-order valence-electron chi connectivity index (χ3n) is 7.75. The van der Waals surface area contributed by atoms with Crippen LogP contribution >= 0.6 is 0 Å². The largest absolute Gasteiger partial charge is 0.309 e. The average molecular weight is 531 g/mol. The van der Waals surface area contributed by atoms with E-state index in [-0.39, 0.29) is 0 Å². The molecule has 0 unspecified atom stereocenters. The molecule has 198 valence electrons. The molecule has 7 rings (SSSR count). The van der Waals surface area contributed by atoms with Crippen LogP contribution in [0.4, 0.5) is 0 Å². The first kappa shape index (κ1) is 24.9. The Morgan fingerprint density at radius 3 is 1.29 bits per heavy atom. The lowest BCUT2D eigenvalue weighted by atomic mass is 10.0. The zero-order valence-corrected chi connectivity index (χ0v) is 23.7. The van der Waals surface area contributed by atoms with E-state index in [2.05, 4.69) is 80.8 Å². The van der Waals surface area contributed by atoms with Crippen molar-refractivity contribution in [1.82, 2.24) is 19.5 Å². The van der Waals surface area contributed by atoms with Gasteiger partial charge in [0.1, 0.15) is 0 Å². The van der Waals surface area contributed by atoms with Gasteiger partial charge in [-0.25, -0.2) is 15.0 Å². The van der Waals surface area contributed by atoms with Gasteiger partial charge in [0.2, 0.25) is 0 Å². The minimum Gasteiger partial charge on any atom is -0.309 e. The van der Waals surface area contributed by atoms with Crippen molar-refractivity contribution in [3.8, 4) is 39.9 Å². The molecule has 0 aliphatic rings. The van der Waals surface area contributed by atoms with E-state index in [0.29, 0.717) is 17.5 Å². The third-order valence-corrected chi connectivity index (χ3v) is 7.75. The minimum absolute atomic E-state index is 0.668. The van der Waals surface area contributed by atoms with Crippen molar-refractivity contribution in [3.05, 3.63) is 131 Å². The van der Waals surface area contributed by atoms with Crippen LogP contribution in [0.15, 0.2) is 109 Å². The van der Waals surface area contributed by atoms with Crippen molar-refractivity contribution >= 4 is 21.8 Å². The minimum atomic E-state index is 0.668. The van der Waals surface area contributed by atoms with E-state index < -0.39 is 0 Å². The quantitative estimate of drug-likeness (QED) is 0.228. The average Bonchev–Trinajstić information content (AvgIpc) is 3.29. The van der Waals surface area contributed by atoms with E-state index in [4.69, 9.17) is 15.0 Å². The molecule has 0 amide bonds. The summed E-state index contributed by atoms with van der Waals surface area (Å²) in [6.45, 7) is 8.68. The van der Waals surface area contributed by atoms with Crippen LogP contribution in [0.2, 0.25) is 0 Å². The number of rotatable bonds is 4. The molecule has 0 fully saturated rings. The van der Waals surface area contributed by atoms with Gasteiger partial charge in [0.25, 0.3) is 0 Å². The zero-order valence-electron chi connectivity index (χ0n) is 23.7. The van der Waals surface area contributed by atoms with Gasteiger partial charge in [0.15, 0.2) is 17.5 Å². The fourth-order valence-electron chi connectivity index (χ4n) is 5.87. The molecule has 4 nitrogen and oxygen atoms in total. The fraction of sp³-hybridized carbons (Fsp3) is 0.108. The third kappa shape index (κ3) is 4.38. The van der Waals surface area contributed by atoms with Crippen LogP contribution in [0.25, 0.3) is 61.7 Å².